The molecule has 3 rings (SSSR count). The predicted molar refractivity (Wildman–Crippen MR) is 67.5 cm³/mol. The predicted octanol–water partition coefficient (Wildman–Crippen LogP) is 3.05. The molecule has 3 aromatic rings. The molecule has 4 nitrogen and oxygen atoms in total. The van der Waals surface area contributed by atoms with Gasteiger partial charge in [0.05, 0.1) is 4.88 Å². The van der Waals surface area contributed by atoms with E-state index in [0.29, 0.717) is 11.7 Å². The molecule has 0 spiro atoms. The van der Waals surface area contributed by atoms with Crippen LogP contribution in [0.15, 0.2) is 46.3 Å². The number of thiophene rings is 1. The Labute approximate surface area is 102 Å². The molecule has 0 atom stereocenters. The molecule has 2 aromatic heterocycles. The van der Waals surface area contributed by atoms with E-state index < -0.39 is 0 Å². The molecule has 0 amide bonds. The third-order valence-electron chi connectivity index (χ3n) is 2.33. The number of benzene rings is 1. The molecule has 0 radical (unpaired) electrons. The Hall–Kier alpha value is -2.14. The lowest BCUT2D eigenvalue weighted by Gasteiger charge is -1.94. The van der Waals surface area contributed by atoms with E-state index in [4.69, 9.17) is 10.3 Å². The van der Waals surface area contributed by atoms with Gasteiger partial charge in [0, 0.05) is 11.3 Å². The molecule has 0 bridgehead atoms. The average molecular weight is 243 g/mol. The molecule has 0 saturated carbocycles. The first-order chi connectivity index (χ1) is 8.33. The van der Waals surface area contributed by atoms with Gasteiger partial charge in [-0.05, 0) is 35.7 Å². The summed E-state index contributed by atoms with van der Waals surface area (Å²) >= 11 is 1.57. The second kappa shape index (κ2) is 4.03. The van der Waals surface area contributed by atoms with Crippen molar-refractivity contribution in [2.24, 2.45) is 0 Å². The summed E-state index contributed by atoms with van der Waals surface area (Å²) in [5.41, 5.74) is 7.24. The fourth-order valence-electron chi connectivity index (χ4n) is 1.47. The first kappa shape index (κ1) is 10.0. The highest BCUT2D eigenvalue weighted by Crippen LogP contribution is 2.25. The molecule has 2 heterocycles. The smallest absolute Gasteiger partial charge is 0.268 e. The van der Waals surface area contributed by atoms with Crippen LogP contribution in [-0.4, -0.2) is 10.1 Å². The van der Waals surface area contributed by atoms with E-state index in [-0.39, 0.29) is 0 Å². The molecule has 84 valence electrons. The summed E-state index contributed by atoms with van der Waals surface area (Å²) in [4.78, 5) is 5.32. The Morgan fingerprint density at radius 2 is 1.94 bits per heavy atom. The van der Waals surface area contributed by atoms with Gasteiger partial charge in [-0.15, -0.1) is 11.3 Å². The molecular formula is C12H9N3OS. The van der Waals surface area contributed by atoms with Crippen molar-refractivity contribution in [2.45, 2.75) is 0 Å². The van der Waals surface area contributed by atoms with E-state index in [1.807, 2.05) is 41.8 Å². The highest BCUT2D eigenvalue weighted by Gasteiger charge is 2.10. The summed E-state index contributed by atoms with van der Waals surface area (Å²) < 4.78 is 5.21. The maximum absolute atomic E-state index is 5.62. The second-order valence-electron chi connectivity index (χ2n) is 3.52. The van der Waals surface area contributed by atoms with Crippen molar-refractivity contribution in [3.05, 3.63) is 41.8 Å². The number of hydrogen-bond donors (Lipinski definition) is 1. The number of nitrogens with two attached hydrogens (primary N) is 1. The van der Waals surface area contributed by atoms with Gasteiger partial charge in [-0.1, -0.05) is 11.2 Å². The van der Waals surface area contributed by atoms with E-state index in [9.17, 15) is 0 Å². The SMILES string of the molecule is Nc1ccc(-c2noc(-c3cccs3)n2)cc1. The van der Waals surface area contributed by atoms with Crippen molar-refractivity contribution in [2.75, 3.05) is 5.73 Å². The van der Waals surface area contributed by atoms with E-state index >= 15 is 0 Å². The maximum Gasteiger partial charge on any atom is 0.268 e. The minimum atomic E-state index is 0.548. The van der Waals surface area contributed by atoms with Crippen LogP contribution in [0.3, 0.4) is 0 Å². The van der Waals surface area contributed by atoms with Crippen LogP contribution in [0.25, 0.3) is 22.2 Å². The second-order valence-corrected chi connectivity index (χ2v) is 4.47. The van der Waals surface area contributed by atoms with Crippen molar-refractivity contribution >= 4 is 17.0 Å². The average Bonchev–Trinajstić information content (AvgIpc) is 3.00. The Balaban J connectivity index is 1.98. The number of nitrogens with zero attached hydrogens (tertiary/aromatic N) is 2. The zero-order chi connectivity index (χ0) is 11.7. The molecule has 0 unspecified atom stereocenters. The summed E-state index contributed by atoms with van der Waals surface area (Å²) in [6, 6.07) is 11.3. The van der Waals surface area contributed by atoms with Gasteiger partial charge < -0.3 is 10.3 Å². The normalized spacial score (nSPS) is 10.6. The van der Waals surface area contributed by atoms with Crippen LogP contribution in [0, 0.1) is 0 Å². The van der Waals surface area contributed by atoms with E-state index in [1.54, 1.807) is 11.3 Å². The minimum Gasteiger partial charge on any atom is -0.399 e. The Morgan fingerprint density at radius 1 is 1.12 bits per heavy atom. The first-order valence-electron chi connectivity index (χ1n) is 5.06. The standard InChI is InChI=1S/C12H9N3OS/c13-9-5-3-8(4-6-9)11-14-12(16-15-11)10-2-1-7-17-10/h1-7H,13H2. The summed E-state index contributed by atoms with van der Waals surface area (Å²) in [6.45, 7) is 0. The van der Waals surface area contributed by atoms with Crippen LogP contribution >= 0.6 is 11.3 Å². The monoisotopic (exact) mass is 243 g/mol. The molecule has 17 heavy (non-hydrogen) atoms. The van der Waals surface area contributed by atoms with Gasteiger partial charge >= 0.3 is 0 Å². The highest BCUT2D eigenvalue weighted by atomic mass is 32.1. The van der Waals surface area contributed by atoms with Gasteiger partial charge in [0.2, 0.25) is 5.82 Å². The van der Waals surface area contributed by atoms with Crippen LogP contribution in [-0.2, 0) is 0 Å². The van der Waals surface area contributed by atoms with Gasteiger partial charge in [0.25, 0.3) is 5.89 Å². The zero-order valence-corrected chi connectivity index (χ0v) is 9.65. The molecule has 0 aliphatic heterocycles. The van der Waals surface area contributed by atoms with Crippen molar-refractivity contribution in [1.29, 1.82) is 0 Å². The largest absolute Gasteiger partial charge is 0.399 e. The maximum atomic E-state index is 5.62. The quantitative estimate of drug-likeness (QED) is 0.702. The number of nitrogen functional groups attached to an aromatic ring is 1. The van der Waals surface area contributed by atoms with Crippen LogP contribution < -0.4 is 5.73 Å². The highest BCUT2D eigenvalue weighted by molar-refractivity contribution is 7.13. The van der Waals surface area contributed by atoms with Crippen LogP contribution in [0.4, 0.5) is 5.69 Å². The Morgan fingerprint density at radius 3 is 2.65 bits per heavy atom. The molecule has 5 heteroatoms. The lowest BCUT2D eigenvalue weighted by atomic mass is 10.2. The van der Waals surface area contributed by atoms with Crippen molar-refractivity contribution in [3.63, 3.8) is 0 Å². The molecule has 2 N–H and O–H groups in total. The molecule has 0 saturated heterocycles. The van der Waals surface area contributed by atoms with Gasteiger partial charge in [-0.2, -0.15) is 4.98 Å². The number of rotatable bonds is 2. The summed E-state index contributed by atoms with van der Waals surface area (Å²) in [5, 5.41) is 5.93. The lowest BCUT2D eigenvalue weighted by Crippen LogP contribution is -1.85. The lowest BCUT2D eigenvalue weighted by molar-refractivity contribution is 0.433. The van der Waals surface area contributed by atoms with Gasteiger partial charge in [-0.25, -0.2) is 0 Å². The molecular weight excluding hydrogens is 234 g/mol. The summed E-state index contributed by atoms with van der Waals surface area (Å²) in [7, 11) is 0. The van der Waals surface area contributed by atoms with Gasteiger partial charge in [0.15, 0.2) is 0 Å². The number of hydrogen-bond acceptors (Lipinski definition) is 5. The zero-order valence-electron chi connectivity index (χ0n) is 8.83. The fraction of sp³-hybridized carbons (Fsp3) is 0. The van der Waals surface area contributed by atoms with E-state index in [0.717, 1.165) is 16.1 Å². The topological polar surface area (TPSA) is 64.9 Å². The molecule has 0 aliphatic rings. The third-order valence-corrected chi connectivity index (χ3v) is 3.18. The number of aromatic nitrogens is 2. The molecule has 0 fully saturated rings. The minimum absolute atomic E-state index is 0.548. The first-order valence-corrected chi connectivity index (χ1v) is 5.94. The van der Waals surface area contributed by atoms with Crippen LogP contribution in [0.1, 0.15) is 0 Å². The summed E-state index contributed by atoms with van der Waals surface area (Å²) in [6.07, 6.45) is 0. The fourth-order valence-corrected chi connectivity index (χ4v) is 2.12. The third kappa shape index (κ3) is 1.92. The van der Waals surface area contributed by atoms with Crippen molar-refractivity contribution < 1.29 is 4.52 Å². The van der Waals surface area contributed by atoms with E-state index in [2.05, 4.69) is 10.1 Å². The van der Waals surface area contributed by atoms with Crippen molar-refractivity contribution in [1.82, 2.24) is 10.1 Å². The Bertz CT molecular complexity index is 614. The van der Waals surface area contributed by atoms with Gasteiger partial charge in [-0.3, -0.25) is 0 Å². The van der Waals surface area contributed by atoms with Crippen molar-refractivity contribution in [3.8, 4) is 22.2 Å². The Kier molecular flexibility index (Phi) is 2.38. The van der Waals surface area contributed by atoms with Crippen LogP contribution in [0.5, 0.6) is 0 Å². The summed E-state index contributed by atoms with van der Waals surface area (Å²) in [5.74, 6) is 1.13. The van der Waals surface area contributed by atoms with E-state index in [1.165, 1.54) is 0 Å². The molecule has 1 aromatic carbocycles. The molecule has 0 aliphatic carbocycles. The van der Waals surface area contributed by atoms with Gasteiger partial charge in [0.1, 0.15) is 0 Å². The van der Waals surface area contributed by atoms with Crippen LogP contribution in [0.2, 0.25) is 0 Å². The number of anilines is 1.